The van der Waals surface area contributed by atoms with Crippen molar-refractivity contribution in [1.29, 1.82) is 0 Å². The summed E-state index contributed by atoms with van der Waals surface area (Å²) in [5.41, 5.74) is 1.54. The van der Waals surface area contributed by atoms with E-state index in [0.717, 1.165) is 31.7 Å². The summed E-state index contributed by atoms with van der Waals surface area (Å²) in [6.07, 6.45) is 2.81. The van der Waals surface area contributed by atoms with Crippen LogP contribution in [0.15, 0.2) is 48.7 Å². The Morgan fingerprint density at radius 2 is 2.08 bits per heavy atom. The van der Waals surface area contributed by atoms with E-state index in [1.54, 1.807) is 6.20 Å². The molecule has 1 aromatic carbocycles. The molecule has 6 nitrogen and oxygen atoms in total. The maximum absolute atomic E-state index is 12.7. The van der Waals surface area contributed by atoms with Crippen molar-refractivity contribution in [3.05, 3.63) is 54.4 Å². The van der Waals surface area contributed by atoms with Crippen LogP contribution in [0.3, 0.4) is 0 Å². The zero-order chi connectivity index (χ0) is 17.1. The number of urea groups is 1. The van der Waals surface area contributed by atoms with Gasteiger partial charge in [0.1, 0.15) is 12.4 Å². The molecule has 2 atom stereocenters. The third-order valence-electron chi connectivity index (χ3n) is 4.94. The van der Waals surface area contributed by atoms with Crippen molar-refractivity contribution in [2.45, 2.75) is 19.1 Å². The summed E-state index contributed by atoms with van der Waals surface area (Å²) < 4.78 is 5.87. The number of ether oxygens (including phenoxy) is 1. The molecule has 4 rings (SSSR count). The predicted molar refractivity (Wildman–Crippen MR) is 103 cm³/mol. The van der Waals surface area contributed by atoms with Crippen LogP contribution in [0, 0.1) is 5.92 Å². The second-order valence-corrected chi connectivity index (χ2v) is 6.50. The maximum atomic E-state index is 12.7. The van der Waals surface area contributed by atoms with E-state index in [0.29, 0.717) is 30.0 Å². The van der Waals surface area contributed by atoms with Crippen molar-refractivity contribution in [2.75, 3.05) is 25.0 Å². The van der Waals surface area contributed by atoms with E-state index in [9.17, 15) is 4.79 Å². The first kappa shape index (κ1) is 18.5. The highest BCUT2D eigenvalue weighted by Gasteiger charge is 2.40. The Hall–Kier alpha value is -2.31. The Balaban J connectivity index is 0.00000196. The third kappa shape index (κ3) is 3.92. The van der Waals surface area contributed by atoms with Crippen LogP contribution in [0.1, 0.15) is 12.1 Å². The molecule has 7 heteroatoms. The summed E-state index contributed by atoms with van der Waals surface area (Å²) in [4.78, 5) is 18.9. The second kappa shape index (κ2) is 8.38. The van der Waals surface area contributed by atoms with Crippen LogP contribution >= 0.6 is 12.4 Å². The molecule has 2 saturated heterocycles. The molecule has 2 amide bonds. The van der Waals surface area contributed by atoms with Crippen LogP contribution < -0.4 is 15.4 Å². The molecule has 2 aromatic rings. The van der Waals surface area contributed by atoms with Gasteiger partial charge in [-0.15, -0.1) is 12.4 Å². The predicted octanol–water partition coefficient (Wildman–Crippen LogP) is 2.91. The lowest BCUT2D eigenvalue weighted by Gasteiger charge is -2.24. The Kier molecular flexibility index (Phi) is 5.96. The zero-order valence-electron chi connectivity index (χ0n) is 14.4. The first-order chi connectivity index (χ1) is 12.3. The number of hydrogen-bond acceptors (Lipinski definition) is 4. The number of aromatic nitrogens is 1. The monoisotopic (exact) mass is 374 g/mol. The molecule has 0 unspecified atom stereocenters. The number of anilines is 1. The van der Waals surface area contributed by atoms with Crippen molar-refractivity contribution in [3.8, 4) is 5.75 Å². The molecular weight excluding hydrogens is 352 g/mol. The molecule has 0 aliphatic carbocycles. The minimum absolute atomic E-state index is 0. The Labute approximate surface area is 159 Å². The van der Waals surface area contributed by atoms with Gasteiger partial charge in [0, 0.05) is 31.9 Å². The van der Waals surface area contributed by atoms with Crippen molar-refractivity contribution >= 4 is 24.1 Å². The summed E-state index contributed by atoms with van der Waals surface area (Å²) in [7, 11) is 0. The van der Waals surface area contributed by atoms with Crippen LogP contribution in [0.5, 0.6) is 5.75 Å². The van der Waals surface area contributed by atoms with Gasteiger partial charge in [-0.1, -0.05) is 18.2 Å². The summed E-state index contributed by atoms with van der Waals surface area (Å²) in [5.74, 6) is 1.24. The van der Waals surface area contributed by atoms with Crippen molar-refractivity contribution in [3.63, 3.8) is 0 Å². The van der Waals surface area contributed by atoms with Gasteiger partial charge in [0.25, 0.3) is 0 Å². The first-order valence-corrected chi connectivity index (χ1v) is 8.71. The number of hydrogen-bond donors (Lipinski definition) is 2. The number of likely N-dealkylation sites (tertiary alicyclic amines) is 1. The fourth-order valence-corrected chi connectivity index (χ4v) is 3.62. The molecule has 2 N–H and O–H groups in total. The van der Waals surface area contributed by atoms with E-state index >= 15 is 0 Å². The quantitative estimate of drug-likeness (QED) is 0.863. The number of nitrogens with one attached hydrogen (secondary N) is 2. The number of para-hydroxylation sites is 2. The number of nitrogens with zero attached hydrogens (tertiary/aromatic N) is 2. The smallest absolute Gasteiger partial charge is 0.322 e. The van der Waals surface area contributed by atoms with Gasteiger partial charge in [-0.2, -0.15) is 0 Å². The number of carbonyl (C=O) groups is 1. The van der Waals surface area contributed by atoms with Crippen molar-refractivity contribution < 1.29 is 9.53 Å². The normalized spacial score (nSPS) is 21.0. The van der Waals surface area contributed by atoms with Gasteiger partial charge in [0.15, 0.2) is 0 Å². The minimum Gasteiger partial charge on any atom is -0.485 e. The zero-order valence-corrected chi connectivity index (χ0v) is 15.2. The number of halogens is 1. The van der Waals surface area contributed by atoms with Crippen LogP contribution in [0.25, 0.3) is 0 Å². The molecule has 2 fully saturated rings. The number of rotatable bonds is 4. The summed E-state index contributed by atoms with van der Waals surface area (Å²) in [5, 5.41) is 6.38. The average molecular weight is 375 g/mol. The van der Waals surface area contributed by atoms with Gasteiger partial charge < -0.3 is 20.3 Å². The molecule has 3 heterocycles. The highest BCUT2D eigenvalue weighted by atomic mass is 35.5. The summed E-state index contributed by atoms with van der Waals surface area (Å²) in [6, 6.07) is 13.5. The summed E-state index contributed by atoms with van der Waals surface area (Å²) >= 11 is 0. The van der Waals surface area contributed by atoms with Crippen molar-refractivity contribution in [2.24, 2.45) is 5.92 Å². The van der Waals surface area contributed by atoms with Gasteiger partial charge in [-0.05, 0) is 36.6 Å². The molecule has 2 aliphatic heterocycles. The van der Waals surface area contributed by atoms with Crippen LogP contribution in [-0.2, 0) is 6.61 Å². The molecule has 0 spiro atoms. The molecular formula is C19H23ClN4O2. The maximum Gasteiger partial charge on any atom is 0.322 e. The SMILES string of the molecule is Cl.O=C(Nc1ccccc1OCc1ccccn1)N1CC[C@H]2CNC[C@H]21. The van der Waals surface area contributed by atoms with Gasteiger partial charge in [-0.25, -0.2) is 4.79 Å². The van der Waals surface area contributed by atoms with E-state index < -0.39 is 0 Å². The van der Waals surface area contributed by atoms with Crippen LogP contribution in [0.2, 0.25) is 0 Å². The van der Waals surface area contributed by atoms with Gasteiger partial charge in [-0.3, -0.25) is 4.98 Å². The number of carbonyl (C=O) groups excluding carboxylic acids is 1. The summed E-state index contributed by atoms with van der Waals surface area (Å²) in [6.45, 7) is 3.08. The standard InChI is InChI=1S/C19H22N4O2.ClH/c24-19(23-10-8-14-11-20-12-17(14)23)22-16-6-1-2-7-18(16)25-13-15-5-3-4-9-21-15;/h1-7,9,14,17,20H,8,10-13H2,(H,22,24);1H/t14-,17+;/m0./s1. The van der Waals surface area contributed by atoms with Crippen molar-refractivity contribution in [1.82, 2.24) is 15.2 Å². The third-order valence-corrected chi connectivity index (χ3v) is 4.94. The first-order valence-electron chi connectivity index (χ1n) is 8.71. The highest BCUT2D eigenvalue weighted by Crippen LogP contribution is 2.29. The van der Waals surface area contributed by atoms with E-state index in [1.807, 2.05) is 47.4 Å². The Morgan fingerprint density at radius 1 is 1.23 bits per heavy atom. The van der Waals surface area contributed by atoms with Crippen LogP contribution in [0.4, 0.5) is 10.5 Å². The number of fused-ring (bicyclic) bond motifs is 1. The Bertz CT molecular complexity index is 743. The molecule has 0 saturated carbocycles. The van der Waals surface area contributed by atoms with E-state index in [-0.39, 0.29) is 18.4 Å². The van der Waals surface area contributed by atoms with E-state index in [4.69, 9.17) is 4.74 Å². The van der Waals surface area contributed by atoms with Gasteiger partial charge >= 0.3 is 6.03 Å². The topological polar surface area (TPSA) is 66.5 Å². The largest absolute Gasteiger partial charge is 0.485 e. The van der Waals surface area contributed by atoms with E-state index in [2.05, 4.69) is 15.6 Å². The number of amides is 2. The fourth-order valence-electron chi connectivity index (χ4n) is 3.62. The Morgan fingerprint density at radius 3 is 2.92 bits per heavy atom. The lowest BCUT2D eigenvalue weighted by Crippen LogP contribution is -2.41. The second-order valence-electron chi connectivity index (χ2n) is 6.50. The minimum atomic E-state index is -0.0508. The molecule has 26 heavy (non-hydrogen) atoms. The van der Waals surface area contributed by atoms with Gasteiger partial charge in [0.2, 0.25) is 0 Å². The average Bonchev–Trinajstić information content (AvgIpc) is 3.25. The molecule has 0 radical (unpaired) electrons. The molecule has 2 aliphatic rings. The number of pyridine rings is 1. The molecule has 138 valence electrons. The molecule has 0 bridgehead atoms. The van der Waals surface area contributed by atoms with Gasteiger partial charge in [0.05, 0.1) is 11.4 Å². The molecule has 1 aromatic heterocycles. The van der Waals surface area contributed by atoms with Crippen LogP contribution in [-0.4, -0.2) is 41.6 Å². The number of benzene rings is 1. The lowest BCUT2D eigenvalue weighted by atomic mass is 10.1. The highest BCUT2D eigenvalue weighted by molar-refractivity contribution is 5.91. The fraction of sp³-hybridized carbons (Fsp3) is 0.368. The lowest BCUT2D eigenvalue weighted by molar-refractivity contribution is 0.206. The van der Waals surface area contributed by atoms with E-state index in [1.165, 1.54) is 0 Å².